The van der Waals surface area contributed by atoms with E-state index in [9.17, 15) is 4.79 Å². The first kappa shape index (κ1) is 19.9. The molecule has 0 aliphatic carbocycles. The minimum Gasteiger partial charge on any atom is -0.368 e. The summed E-state index contributed by atoms with van der Waals surface area (Å²) in [6, 6.07) is 0. The molecule has 0 unspecified atom stereocenters. The van der Waals surface area contributed by atoms with Crippen molar-refractivity contribution in [2.24, 2.45) is 0 Å². The van der Waals surface area contributed by atoms with Gasteiger partial charge in [0.15, 0.2) is 0 Å². The van der Waals surface area contributed by atoms with E-state index in [1.54, 1.807) is 7.11 Å². The number of nitrogens with zero attached hydrogens (tertiary/aromatic N) is 1. The quantitative estimate of drug-likeness (QED) is 0.784. The van der Waals surface area contributed by atoms with Gasteiger partial charge in [0.05, 0.1) is 0 Å². The van der Waals surface area contributed by atoms with Crippen molar-refractivity contribution in [2.75, 3.05) is 46.4 Å². The lowest BCUT2D eigenvalue weighted by Crippen LogP contribution is -2.54. The van der Waals surface area contributed by atoms with Crippen molar-refractivity contribution in [1.82, 2.24) is 15.5 Å². The number of amides is 1. The van der Waals surface area contributed by atoms with Crippen LogP contribution in [0, 0.1) is 0 Å². The van der Waals surface area contributed by atoms with Crippen LogP contribution in [0.4, 0.5) is 0 Å². The molecule has 0 atom stereocenters. The molecule has 0 spiro atoms. The van der Waals surface area contributed by atoms with E-state index in [4.69, 9.17) is 4.74 Å². The van der Waals surface area contributed by atoms with E-state index in [0.29, 0.717) is 0 Å². The number of ether oxygens (including phenoxy) is 1. The molecule has 0 bridgehead atoms. The third-order valence-corrected chi connectivity index (χ3v) is 4.13. The topological polar surface area (TPSA) is 53.6 Å². The van der Waals surface area contributed by atoms with Crippen LogP contribution in [-0.4, -0.2) is 62.8 Å². The molecule has 2 aliphatic heterocycles. The Hall–Kier alpha value is -0.0700. The zero-order valence-electron chi connectivity index (χ0n) is 12.2. The number of piperidine rings is 1. The van der Waals surface area contributed by atoms with Crippen LogP contribution in [0.25, 0.3) is 0 Å². The van der Waals surface area contributed by atoms with Gasteiger partial charge >= 0.3 is 0 Å². The Kier molecular flexibility index (Phi) is 9.76. The Labute approximate surface area is 134 Å². The van der Waals surface area contributed by atoms with E-state index in [2.05, 4.69) is 15.5 Å². The fourth-order valence-electron chi connectivity index (χ4n) is 2.85. The first-order valence-corrected chi connectivity index (χ1v) is 7.03. The second-order valence-corrected chi connectivity index (χ2v) is 5.25. The standard InChI is InChI=1S/C13H25N3O2.2ClH/c1-18-13(4-6-14-7-5-13)12(17)15-8-11-16-9-2-3-10-16;;/h14H,2-11H2,1H3,(H,15,17);2*1H. The minimum atomic E-state index is -0.601. The normalized spacial score (nSPS) is 21.6. The molecular formula is C13H27Cl2N3O2. The molecule has 0 radical (unpaired) electrons. The zero-order chi connectivity index (χ0) is 12.8. The zero-order valence-corrected chi connectivity index (χ0v) is 13.8. The predicted octanol–water partition coefficient (Wildman–Crippen LogP) is 0.811. The van der Waals surface area contributed by atoms with Crippen LogP contribution in [-0.2, 0) is 9.53 Å². The predicted molar refractivity (Wildman–Crippen MR) is 85.0 cm³/mol. The summed E-state index contributed by atoms with van der Waals surface area (Å²) in [6.07, 6.45) is 4.11. The largest absolute Gasteiger partial charge is 0.368 e. The lowest BCUT2D eigenvalue weighted by atomic mass is 9.91. The number of nitrogens with one attached hydrogen (secondary N) is 2. The van der Waals surface area contributed by atoms with Crippen molar-refractivity contribution in [3.63, 3.8) is 0 Å². The first-order valence-electron chi connectivity index (χ1n) is 7.03. The third kappa shape index (κ3) is 5.04. The van der Waals surface area contributed by atoms with Gasteiger partial charge in [0.25, 0.3) is 5.91 Å². The molecule has 20 heavy (non-hydrogen) atoms. The van der Waals surface area contributed by atoms with Gasteiger partial charge < -0.3 is 20.3 Å². The number of carbonyl (C=O) groups is 1. The molecule has 0 aromatic rings. The Morgan fingerprint density at radius 3 is 2.40 bits per heavy atom. The van der Waals surface area contributed by atoms with Gasteiger partial charge in [0, 0.05) is 20.2 Å². The molecule has 0 saturated carbocycles. The van der Waals surface area contributed by atoms with Crippen molar-refractivity contribution in [2.45, 2.75) is 31.3 Å². The molecule has 1 amide bonds. The number of likely N-dealkylation sites (tertiary alicyclic amines) is 1. The van der Waals surface area contributed by atoms with Crippen molar-refractivity contribution in [1.29, 1.82) is 0 Å². The van der Waals surface area contributed by atoms with Crippen LogP contribution in [0.3, 0.4) is 0 Å². The summed E-state index contributed by atoms with van der Waals surface area (Å²) in [7, 11) is 1.64. The van der Waals surface area contributed by atoms with Crippen LogP contribution in [0.1, 0.15) is 25.7 Å². The second-order valence-electron chi connectivity index (χ2n) is 5.25. The molecule has 2 aliphatic rings. The summed E-state index contributed by atoms with van der Waals surface area (Å²) in [5, 5.41) is 6.30. The Morgan fingerprint density at radius 2 is 1.85 bits per heavy atom. The maximum absolute atomic E-state index is 12.2. The molecule has 2 saturated heterocycles. The van der Waals surface area contributed by atoms with Crippen LogP contribution >= 0.6 is 24.8 Å². The third-order valence-electron chi connectivity index (χ3n) is 4.13. The molecule has 5 nitrogen and oxygen atoms in total. The molecule has 7 heteroatoms. The highest BCUT2D eigenvalue weighted by molar-refractivity contribution is 5.86. The minimum absolute atomic E-state index is 0. The van der Waals surface area contributed by atoms with Crippen LogP contribution in [0.2, 0.25) is 0 Å². The average molecular weight is 328 g/mol. The van der Waals surface area contributed by atoms with E-state index < -0.39 is 5.60 Å². The van der Waals surface area contributed by atoms with Gasteiger partial charge in [-0.1, -0.05) is 0 Å². The fraction of sp³-hybridized carbons (Fsp3) is 0.923. The van der Waals surface area contributed by atoms with Crippen molar-refractivity contribution < 1.29 is 9.53 Å². The SMILES string of the molecule is COC1(C(=O)NCCN2CCCC2)CCNCC1.Cl.Cl. The maximum atomic E-state index is 12.2. The maximum Gasteiger partial charge on any atom is 0.252 e. The van der Waals surface area contributed by atoms with E-state index in [-0.39, 0.29) is 30.7 Å². The summed E-state index contributed by atoms with van der Waals surface area (Å²) in [4.78, 5) is 14.6. The summed E-state index contributed by atoms with van der Waals surface area (Å²) in [5.41, 5.74) is -0.601. The fourth-order valence-corrected chi connectivity index (χ4v) is 2.85. The molecule has 120 valence electrons. The van der Waals surface area contributed by atoms with Gasteiger partial charge in [-0.15, -0.1) is 24.8 Å². The Balaban J connectivity index is 0.00000180. The highest BCUT2D eigenvalue weighted by Crippen LogP contribution is 2.22. The van der Waals surface area contributed by atoms with Crippen LogP contribution < -0.4 is 10.6 Å². The summed E-state index contributed by atoms with van der Waals surface area (Å²) >= 11 is 0. The van der Waals surface area contributed by atoms with Gasteiger partial charge in [-0.05, 0) is 51.9 Å². The summed E-state index contributed by atoms with van der Waals surface area (Å²) in [6.45, 7) is 5.76. The molecule has 2 N–H and O–H groups in total. The van der Waals surface area contributed by atoms with Gasteiger partial charge in [-0.2, -0.15) is 0 Å². The first-order chi connectivity index (χ1) is 8.77. The number of hydrogen-bond donors (Lipinski definition) is 2. The molecule has 2 fully saturated rings. The Bertz CT molecular complexity index is 281. The number of halogens is 2. The number of rotatable bonds is 5. The highest BCUT2D eigenvalue weighted by Gasteiger charge is 2.39. The van der Waals surface area contributed by atoms with Gasteiger partial charge in [0.1, 0.15) is 5.60 Å². The van der Waals surface area contributed by atoms with E-state index >= 15 is 0 Å². The monoisotopic (exact) mass is 327 g/mol. The smallest absolute Gasteiger partial charge is 0.252 e. The van der Waals surface area contributed by atoms with E-state index in [1.165, 1.54) is 25.9 Å². The lowest BCUT2D eigenvalue weighted by Gasteiger charge is -2.34. The highest BCUT2D eigenvalue weighted by atomic mass is 35.5. The number of methoxy groups -OCH3 is 1. The Morgan fingerprint density at radius 1 is 1.25 bits per heavy atom. The molecule has 2 heterocycles. The second kappa shape index (κ2) is 9.79. The number of hydrogen-bond acceptors (Lipinski definition) is 4. The number of carbonyl (C=O) groups excluding carboxylic acids is 1. The van der Waals surface area contributed by atoms with Gasteiger partial charge in [-0.25, -0.2) is 0 Å². The summed E-state index contributed by atoms with van der Waals surface area (Å²) < 4.78 is 5.50. The average Bonchev–Trinajstić information content (AvgIpc) is 2.92. The van der Waals surface area contributed by atoms with Gasteiger partial charge in [-0.3, -0.25) is 4.79 Å². The molecule has 0 aromatic heterocycles. The van der Waals surface area contributed by atoms with Crippen LogP contribution in [0.5, 0.6) is 0 Å². The molecule has 2 rings (SSSR count). The van der Waals surface area contributed by atoms with Crippen molar-refractivity contribution in [3.05, 3.63) is 0 Å². The molecular weight excluding hydrogens is 301 g/mol. The summed E-state index contributed by atoms with van der Waals surface area (Å²) in [5.74, 6) is 0.0608. The van der Waals surface area contributed by atoms with Crippen molar-refractivity contribution >= 4 is 30.7 Å². The van der Waals surface area contributed by atoms with E-state index in [0.717, 1.165) is 39.0 Å². The van der Waals surface area contributed by atoms with Crippen LogP contribution in [0.15, 0.2) is 0 Å². The lowest BCUT2D eigenvalue weighted by molar-refractivity contribution is -0.146. The van der Waals surface area contributed by atoms with Gasteiger partial charge in [0.2, 0.25) is 0 Å². The van der Waals surface area contributed by atoms with E-state index in [1.807, 2.05) is 0 Å². The van der Waals surface area contributed by atoms with Crippen molar-refractivity contribution in [3.8, 4) is 0 Å². The molecule has 0 aromatic carbocycles.